The Bertz CT molecular complexity index is 1430. The van der Waals surface area contributed by atoms with Crippen LogP contribution in [0.4, 0.5) is 5.69 Å². The number of nitrogens with one attached hydrogen (secondary N) is 2. The van der Waals surface area contributed by atoms with E-state index in [0.717, 1.165) is 22.3 Å². The van der Waals surface area contributed by atoms with Crippen molar-refractivity contribution in [3.63, 3.8) is 0 Å². The van der Waals surface area contributed by atoms with Crippen LogP contribution in [0.1, 0.15) is 47.8 Å². The zero-order valence-electron chi connectivity index (χ0n) is 22.4. The largest absolute Gasteiger partial charge is 0.480 e. The van der Waals surface area contributed by atoms with E-state index >= 15 is 0 Å². The van der Waals surface area contributed by atoms with Crippen molar-refractivity contribution in [3.05, 3.63) is 124 Å². The van der Waals surface area contributed by atoms with Crippen molar-refractivity contribution in [2.24, 2.45) is 0 Å². The van der Waals surface area contributed by atoms with Gasteiger partial charge in [0.05, 0.1) is 5.56 Å². The Morgan fingerprint density at radius 3 is 2.05 bits per heavy atom. The van der Waals surface area contributed by atoms with Gasteiger partial charge in [0, 0.05) is 23.7 Å². The highest BCUT2D eigenvalue weighted by Crippen LogP contribution is 2.25. The van der Waals surface area contributed by atoms with Crippen LogP contribution in [0.3, 0.4) is 0 Å². The fraction of sp³-hybridized carbons (Fsp3) is 0.212. The van der Waals surface area contributed by atoms with E-state index in [-0.39, 0.29) is 11.8 Å². The van der Waals surface area contributed by atoms with Crippen molar-refractivity contribution in [2.45, 2.75) is 45.2 Å². The normalized spacial score (nSPS) is 12.0. The fourth-order valence-corrected chi connectivity index (χ4v) is 4.49. The summed E-state index contributed by atoms with van der Waals surface area (Å²) in [4.78, 5) is 25.3. The summed E-state index contributed by atoms with van der Waals surface area (Å²) in [5.41, 5.74) is 6.16. The van der Waals surface area contributed by atoms with Crippen LogP contribution in [0.25, 0.3) is 11.1 Å². The van der Waals surface area contributed by atoms with E-state index in [2.05, 4.69) is 55.7 Å². The van der Waals surface area contributed by atoms with Gasteiger partial charge in [0.15, 0.2) is 0 Å². The van der Waals surface area contributed by atoms with E-state index in [1.54, 1.807) is 18.2 Å². The molecule has 0 aromatic heterocycles. The first-order valence-corrected chi connectivity index (χ1v) is 13.3. The minimum absolute atomic E-state index is 0.0643. The molecule has 6 heteroatoms. The van der Waals surface area contributed by atoms with Crippen molar-refractivity contribution >= 4 is 29.2 Å². The molecule has 3 N–H and O–H groups in total. The Morgan fingerprint density at radius 2 is 1.44 bits per heavy atom. The highest BCUT2D eigenvalue weighted by atomic mass is 35.5. The molecule has 0 aliphatic heterocycles. The Kier molecular flexibility index (Phi) is 8.72. The summed E-state index contributed by atoms with van der Waals surface area (Å²) in [5.74, 6) is -1.58. The summed E-state index contributed by atoms with van der Waals surface area (Å²) in [6.45, 7) is 6.99. The van der Waals surface area contributed by atoms with Gasteiger partial charge in [0.25, 0.3) is 5.91 Å². The highest BCUT2D eigenvalue weighted by molar-refractivity contribution is 6.31. The molecule has 4 aromatic rings. The molecular weight excluding hydrogens is 508 g/mol. The van der Waals surface area contributed by atoms with Crippen LogP contribution in [0.5, 0.6) is 0 Å². The molecule has 0 bridgehead atoms. The lowest BCUT2D eigenvalue weighted by molar-refractivity contribution is -0.139. The Balaban J connectivity index is 1.45. The van der Waals surface area contributed by atoms with Crippen LogP contribution in [-0.4, -0.2) is 23.0 Å². The van der Waals surface area contributed by atoms with E-state index < -0.39 is 17.9 Å². The average molecular weight is 541 g/mol. The van der Waals surface area contributed by atoms with Gasteiger partial charge in [0.1, 0.15) is 6.04 Å². The summed E-state index contributed by atoms with van der Waals surface area (Å²) < 4.78 is 0. The van der Waals surface area contributed by atoms with Crippen LogP contribution in [0, 0.1) is 0 Å². The standard InChI is InChI=1S/C33H33ClN2O3/c1-33(2,3)26-15-11-23(12-16-26)21-35-29-20-27(34)17-18-28(29)31(37)36-30(32(38)39)19-22-9-13-25(14-10-22)24-7-5-4-6-8-24/h4-18,20,30,35H,19,21H2,1-3H3,(H,36,37)(H,38,39). The smallest absolute Gasteiger partial charge is 0.326 e. The maximum Gasteiger partial charge on any atom is 0.326 e. The molecule has 0 spiro atoms. The number of carboxylic acids is 1. The first-order chi connectivity index (χ1) is 18.6. The monoisotopic (exact) mass is 540 g/mol. The van der Waals surface area contributed by atoms with Crippen molar-refractivity contribution in [1.82, 2.24) is 5.32 Å². The molecule has 0 saturated carbocycles. The number of anilines is 1. The van der Waals surface area contributed by atoms with E-state index in [4.69, 9.17) is 11.6 Å². The van der Waals surface area contributed by atoms with Crippen molar-refractivity contribution in [2.75, 3.05) is 5.32 Å². The van der Waals surface area contributed by atoms with E-state index in [0.29, 0.717) is 22.8 Å². The lowest BCUT2D eigenvalue weighted by Gasteiger charge is -2.19. The first-order valence-electron chi connectivity index (χ1n) is 12.9. The number of hydrogen-bond donors (Lipinski definition) is 3. The van der Waals surface area contributed by atoms with Gasteiger partial charge >= 0.3 is 5.97 Å². The molecule has 4 rings (SSSR count). The fourth-order valence-electron chi connectivity index (χ4n) is 4.32. The zero-order valence-corrected chi connectivity index (χ0v) is 23.1. The molecule has 0 saturated heterocycles. The summed E-state index contributed by atoms with van der Waals surface area (Å²) in [7, 11) is 0. The third-order valence-corrected chi connectivity index (χ3v) is 6.87. The second-order valence-corrected chi connectivity index (χ2v) is 11.1. The van der Waals surface area contributed by atoms with Crippen molar-refractivity contribution in [3.8, 4) is 11.1 Å². The molecular formula is C33H33ClN2O3. The molecule has 0 fully saturated rings. The number of aliphatic carboxylic acids is 1. The number of rotatable bonds is 9. The van der Waals surface area contributed by atoms with Gasteiger partial charge in [0.2, 0.25) is 0 Å². The van der Waals surface area contributed by atoms with Gasteiger partial charge < -0.3 is 15.7 Å². The quantitative estimate of drug-likeness (QED) is 0.207. The van der Waals surface area contributed by atoms with Crippen LogP contribution in [-0.2, 0) is 23.2 Å². The maximum atomic E-state index is 13.2. The average Bonchev–Trinajstić information content (AvgIpc) is 2.92. The number of carbonyl (C=O) groups is 2. The molecule has 0 heterocycles. The van der Waals surface area contributed by atoms with E-state index in [9.17, 15) is 14.7 Å². The lowest BCUT2D eigenvalue weighted by atomic mass is 9.87. The number of carbonyl (C=O) groups excluding carboxylic acids is 1. The van der Waals surface area contributed by atoms with Crippen molar-refractivity contribution < 1.29 is 14.7 Å². The summed E-state index contributed by atoms with van der Waals surface area (Å²) in [6, 6.07) is 29.8. The lowest BCUT2D eigenvalue weighted by Crippen LogP contribution is -2.42. The molecule has 1 atom stereocenters. The predicted octanol–water partition coefficient (Wildman–Crippen LogP) is 7.34. The molecule has 200 valence electrons. The maximum absolute atomic E-state index is 13.2. The molecule has 1 amide bonds. The Labute approximate surface area is 234 Å². The second-order valence-electron chi connectivity index (χ2n) is 10.6. The molecule has 39 heavy (non-hydrogen) atoms. The molecule has 4 aromatic carbocycles. The first kappa shape index (κ1) is 27.9. The Morgan fingerprint density at radius 1 is 0.821 bits per heavy atom. The molecule has 5 nitrogen and oxygen atoms in total. The van der Waals surface area contributed by atoms with E-state index in [1.165, 1.54) is 5.56 Å². The topological polar surface area (TPSA) is 78.4 Å². The third-order valence-electron chi connectivity index (χ3n) is 6.63. The molecule has 0 aliphatic rings. The highest BCUT2D eigenvalue weighted by Gasteiger charge is 2.23. The number of hydrogen-bond acceptors (Lipinski definition) is 3. The Hall–Kier alpha value is -4.09. The minimum Gasteiger partial charge on any atom is -0.480 e. The van der Waals surface area contributed by atoms with Crippen LogP contribution in [0.15, 0.2) is 97.1 Å². The molecule has 0 radical (unpaired) electrons. The van der Waals surface area contributed by atoms with Gasteiger partial charge in [-0.3, -0.25) is 4.79 Å². The predicted molar refractivity (Wildman–Crippen MR) is 158 cm³/mol. The van der Waals surface area contributed by atoms with Crippen LogP contribution < -0.4 is 10.6 Å². The molecule has 0 aliphatic carbocycles. The van der Waals surface area contributed by atoms with Crippen molar-refractivity contribution in [1.29, 1.82) is 0 Å². The van der Waals surface area contributed by atoms with Gasteiger partial charge in [-0.05, 0) is 51.4 Å². The summed E-state index contributed by atoms with van der Waals surface area (Å²) in [6.07, 6.45) is 0.159. The summed E-state index contributed by atoms with van der Waals surface area (Å²) >= 11 is 6.23. The molecule has 1 unspecified atom stereocenters. The number of amides is 1. The summed E-state index contributed by atoms with van der Waals surface area (Å²) in [5, 5.41) is 16.3. The van der Waals surface area contributed by atoms with E-state index in [1.807, 2.05) is 54.6 Å². The second kappa shape index (κ2) is 12.2. The number of carboxylic acid groups (broad SMARTS) is 1. The van der Waals surface area contributed by atoms with Gasteiger partial charge in [-0.25, -0.2) is 4.79 Å². The SMILES string of the molecule is CC(C)(C)c1ccc(CNc2cc(Cl)ccc2C(=O)NC(Cc2ccc(-c3ccccc3)cc2)C(=O)O)cc1. The number of halogens is 1. The van der Waals surface area contributed by atoms with Gasteiger partial charge in [-0.15, -0.1) is 0 Å². The zero-order chi connectivity index (χ0) is 28.0. The van der Waals surface area contributed by atoms with Crippen LogP contribution in [0.2, 0.25) is 5.02 Å². The van der Waals surface area contributed by atoms with Gasteiger partial charge in [-0.1, -0.05) is 111 Å². The minimum atomic E-state index is -1.10. The van der Waals surface area contributed by atoms with Gasteiger partial charge in [-0.2, -0.15) is 0 Å². The van der Waals surface area contributed by atoms with Crippen LogP contribution >= 0.6 is 11.6 Å². The number of benzene rings is 4. The third kappa shape index (κ3) is 7.49.